The zero-order chi connectivity index (χ0) is 25.6. The Hall–Kier alpha value is -4.21. The number of primary amides is 1. The SMILES string of the molecule is COc1cc(N2CCCCC2=O)ccc1N1CCc2c(C(N)=O)nn(-c3cc(C)cc(F)c3)c2C1=O. The molecule has 186 valence electrons. The molecule has 1 saturated heterocycles. The molecule has 0 atom stereocenters. The molecule has 2 aliphatic rings. The number of anilines is 2. The molecule has 0 saturated carbocycles. The van der Waals surface area contributed by atoms with Gasteiger partial charge in [-0.15, -0.1) is 0 Å². The standard InChI is InChI=1S/C26H26FN5O4/c1-15-11-16(27)13-18(12-15)32-24-19(23(29-32)25(28)34)8-10-31(26(24)35)20-7-6-17(14-21(20)36-2)30-9-4-3-5-22(30)33/h6-7,11-14H,3-5,8-10H2,1-2H3,(H2,28,34). The van der Waals surface area contributed by atoms with Crippen LogP contribution in [-0.4, -0.2) is 47.7 Å². The lowest BCUT2D eigenvalue weighted by Crippen LogP contribution is -2.39. The predicted octanol–water partition coefficient (Wildman–Crippen LogP) is 3.15. The number of hydrogen-bond acceptors (Lipinski definition) is 5. The number of nitrogens with zero attached hydrogens (tertiary/aromatic N) is 4. The Morgan fingerprint density at radius 2 is 1.83 bits per heavy atom. The molecule has 2 aliphatic heterocycles. The molecule has 1 aromatic heterocycles. The minimum atomic E-state index is -0.757. The fourth-order valence-electron chi connectivity index (χ4n) is 4.95. The monoisotopic (exact) mass is 491 g/mol. The smallest absolute Gasteiger partial charge is 0.277 e. The minimum absolute atomic E-state index is 0.00848. The first kappa shape index (κ1) is 23.5. The third-order valence-electron chi connectivity index (χ3n) is 6.61. The molecule has 0 unspecified atom stereocenters. The molecule has 0 spiro atoms. The summed E-state index contributed by atoms with van der Waals surface area (Å²) in [6.45, 7) is 2.62. The van der Waals surface area contributed by atoms with Crippen LogP contribution in [0.2, 0.25) is 0 Å². The second-order valence-electron chi connectivity index (χ2n) is 9.00. The summed E-state index contributed by atoms with van der Waals surface area (Å²) in [5.74, 6) is -1.17. The van der Waals surface area contributed by atoms with Gasteiger partial charge in [0.25, 0.3) is 11.8 Å². The zero-order valence-corrected chi connectivity index (χ0v) is 20.1. The number of ether oxygens (including phenoxy) is 1. The Kier molecular flexibility index (Phi) is 5.95. The van der Waals surface area contributed by atoms with Crippen molar-refractivity contribution in [1.29, 1.82) is 0 Å². The van der Waals surface area contributed by atoms with Crippen LogP contribution in [0.25, 0.3) is 5.69 Å². The van der Waals surface area contributed by atoms with Crippen molar-refractivity contribution in [3.8, 4) is 11.4 Å². The predicted molar refractivity (Wildman–Crippen MR) is 131 cm³/mol. The van der Waals surface area contributed by atoms with Crippen molar-refractivity contribution in [2.45, 2.75) is 32.6 Å². The summed E-state index contributed by atoms with van der Waals surface area (Å²) in [6, 6.07) is 9.60. The number of carbonyl (C=O) groups is 3. The van der Waals surface area contributed by atoms with Crippen LogP contribution in [0.1, 0.15) is 51.4 Å². The van der Waals surface area contributed by atoms with Gasteiger partial charge in [-0.2, -0.15) is 5.10 Å². The van der Waals surface area contributed by atoms with Gasteiger partial charge in [-0.1, -0.05) is 0 Å². The Balaban J connectivity index is 1.58. The lowest BCUT2D eigenvalue weighted by molar-refractivity contribution is -0.119. The molecule has 0 bridgehead atoms. The molecule has 0 aliphatic carbocycles. The summed E-state index contributed by atoms with van der Waals surface area (Å²) < 4.78 is 21.1. The summed E-state index contributed by atoms with van der Waals surface area (Å²) in [4.78, 5) is 41.6. The fraction of sp³-hybridized carbons (Fsp3) is 0.308. The molecule has 3 aromatic rings. The number of carbonyl (C=O) groups excluding carboxylic acids is 3. The zero-order valence-electron chi connectivity index (χ0n) is 20.1. The highest BCUT2D eigenvalue weighted by molar-refractivity contribution is 6.10. The first-order valence-electron chi connectivity index (χ1n) is 11.8. The summed E-state index contributed by atoms with van der Waals surface area (Å²) in [6.07, 6.45) is 2.63. The molecular formula is C26H26FN5O4. The number of halogens is 1. The second-order valence-corrected chi connectivity index (χ2v) is 9.00. The molecule has 36 heavy (non-hydrogen) atoms. The number of hydrogen-bond donors (Lipinski definition) is 1. The largest absolute Gasteiger partial charge is 0.494 e. The van der Waals surface area contributed by atoms with Gasteiger partial charge in [0.1, 0.15) is 17.3 Å². The van der Waals surface area contributed by atoms with Crippen LogP contribution in [-0.2, 0) is 11.2 Å². The third kappa shape index (κ3) is 3.98. The summed E-state index contributed by atoms with van der Waals surface area (Å²) in [5.41, 5.74) is 8.32. The average Bonchev–Trinajstić information content (AvgIpc) is 3.25. The highest BCUT2D eigenvalue weighted by Gasteiger charge is 2.36. The molecule has 0 radical (unpaired) electrons. The first-order chi connectivity index (χ1) is 17.3. The highest BCUT2D eigenvalue weighted by Crippen LogP contribution is 2.37. The van der Waals surface area contributed by atoms with E-state index in [0.717, 1.165) is 12.8 Å². The Bertz CT molecular complexity index is 1380. The van der Waals surface area contributed by atoms with E-state index in [0.29, 0.717) is 53.3 Å². The Morgan fingerprint density at radius 3 is 2.53 bits per heavy atom. The van der Waals surface area contributed by atoms with Crippen molar-refractivity contribution in [2.75, 3.05) is 30.0 Å². The van der Waals surface area contributed by atoms with Gasteiger partial charge >= 0.3 is 0 Å². The third-order valence-corrected chi connectivity index (χ3v) is 6.61. The van der Waals surface area contributed by atoms with Crippen LogP contribution in [0.15, 0.2) is 36.4 Å². The van der Waals surface area contributed by atoms with Gasteiger partial charge in [-0.3, -0.25) is 14.4 Å². The number of fused-ring (bicyclic) bond motifs is 1. The Morgan fingerprint density at radius 1 is 1.03 bits per heavy atom. The number of amides is 3. The normalized spacial score (nSPS) is 15.8. The topological polar surface area (TPSA) is 111 Å². The van der Waals surface area contributed by atoms with Crippen molar-refractivity contribution >= 4 is 29.1 Å². The van der Waals surface area contributed by atoms with E-state index in [1.807, 2.05) is 0 Å². The van der Waals surface area contributed by atoms with Gasteiger partial charge in [-0.25, -0.2) is 9.07 Å². The summed E-state index contributed by atoms with van der Waals surface area (Å²) >= 11 is 0. The van der Waals surface area contributed by atoms with Gasteiger partial charge in [-0.05, 0) is 62.1 Å². The molecule has 3 amide bonds. The number of benzene rings is 2. The van der Waals surface area contributed by atoms with Crippen molar-refractivity contribution in [2.24, 2.45) is 5.73 Å². The van der Waals surface area contributed by atoms with Gasteiger partial charge in [0, 0.05) is 36.8 Å². The molecular weight excluding hydrogens is 465 g/mol. The average molecular weight is 492 g/mol. The van der Waals surface area contributed by atoms with Crippen molar-refractivity contribution in [3.63, 3.8) is 0 Å². The second kappa shape index (κ2) is 9.10. The van der Waals surface area contributed by atoms with Gasteiger partial charge in [0.05, 0.1) is 18.5 Å². The van der Waals surface area contributed by atoms with E-state index in [2.05, 4.69) is 5.10 Å². The maximum absolute atomic E-state index is 14.2. The highest BCUT2D eigenvalue weighted by atomic mass is 19.1. The van der Waals surface area contributed by atoms with E-state index in [4.69, 9.17) is 10.5 Å². The fourth-order valence-corrected chi connectivity index (χ4v) is 4.95. The number of aryl methyl sites for hydroxylation is 1. The number of piperidine rings is 1. The van der Waals surface area contributed by atoms with Gasteiger partial charge < -0.3 is 20.3 Å². The summed E-state index contributed by atoms with van der Waals surface area (Å²) in [5, 5.41) is 4.30. The van der Waals surface area contributed by atoms with Crippen LogP contribution in [0, 0.1) is 12.7 Å². The van der Waals surface area contributed by atoms with Crippen LogP contribution in [0.3, 0.4) is 0 Å². The molecule has 9 nitrogen and oxygen atoms in total. The number of nitrogens with two attached hydrogens (primary N) is 1. The van der Waals surface area contributed by atoms with Crippen molar-refractivity contribution < 1.29 is 23.5 Å². The first-order valence-corrected chi connectivity index (χ1v) is 11.8. The Labute approximate surface area is 207 Å². The lowest BCUT2D eigenvalue weighted by Gasteiger charge is -2.31. The maximum Gasteiger partial charge on any atom is 0.277 e. The van der Waals surface area contributed by atoms with Crippen LogP contribution in [0.4, 0.5) is 15.8 Å². The van der Waals surface area contributed by atoms with Crippen LogP contribution in [0.5, 0.6) is 5.75 Å². The molecule has 1 fully saturated rings. The molecule has 5 rings (SSSR count). The van der Waals surface area contributed by atoms with E-state index in [-0.39, 0.29) is 23.8 Å². The summed E-state index contributed by atoms with van der Waals surface area (Å²) in [7, 11) is 1.51. The number of methoxy groups -OCH3 is 1. The van der Waals surface area contributed by atoms with Gasteiger partial charge in [0.2, 0.25) is 5.91 Å². The molecule has 3 heterocycles. The van der Waals surface area contributed by atoms with Crippen molar-refractivity contribution in [1.82, 2.24) is 9.78 Å². The van der Waals surface area contributed by atoms with E-state index in [1.165, 1.54) is 28.8 Å². The lowest BCUT2D eigenvalue weighted by atomic mass is 10.0. The minimum Gasteiger partial charge on any atom is -0.494 e. The van der Waals surface area contributed by atoms with Crippen molar-refractivity contribution in [3.05, 3.63) is 64.7 Å². The van der Waals surface area contributed by atoms with E-state index in [1.54, 1.807) is 36.1 Å². The molecule has 2 N–H and O–H groups in total. The van der Waals surface area contributed by atoms with Crippen LogP contribution >= 0.6 is 0 Å². The maximum atomic E-state index is 14.2. The number of aromatic nitrogens is 2. The van der Waals surface area contributed by atoms with Crippen LogP contribution < -0.4 is 20.3 Å². The molecule has 2 aromatic carbocycles. The van der Waals surface area contributed by atoms with Gasteiger partial charge in [0.15, 0.2) is 5.69 Å². The molecule has 10 heteroatoms. The van der Waals surface area contributed by atoms with E-state index < -0.39 is 17.6 Å². The van der Waals surface area contributed by atoms with E-state index >= 15 is 0 Å². The quantitative estimate of drug-likeness (QED) is 0.590. The number of rotatable bonds is 5. The van der Waals surface area contributed by atoms with E-state index in [9.17, 15) is 18.8 Å².